The number of benzene rings is 1. The number of carbonyl (C=O) groups is 1. The van der Waals surface area contributed by atoms with Crippen molar-refractivity contribution in [2.24, 2.45) is 5.73 Å². The van der Waals surface area contributed by atoms with E-state index in [1.807, 2.05) is 12.1 Å². The third kappa shape index (κ3) is 2.79. The van der Waals surface area contributed by atoms with Gasteiger partial charge in [0.2, 0.25) is 0 Å². The highest BCUT2D eigenvalue weighted by Gasteiger charge is 2.23. The van der Waals surface area contributed by atoms with Crippen LogP contribution in [0.3, 0.4) is 0 Å². The topological polar surface area (TPSA) is 88.5 Å². The van der Waals surface area contributed by atoms with Crippen LogP contribution in [-0.2, 0) is 0 Å². The summed E-state index contributed by atoms with van der Waals surface area (Å²) < 4.78 is 15.8. The summed E-state index contributed by atoms with van der Waals surface area (Å²) in [7, 11) is 1.58. The molecule has 0 aliphatic carbocycles. The number of imidazole rings is 1. The number of halogens is 1. The van der Waals surface area contributed by atoms with Crippen LogP contribution in [0.25, 0.3) is 27.7 Å². The van der Waals surface area contributed by atoms with Crippen molar-refractivity contribution < 1.29 is 9.18 Å². The lowest BCUT2D eigenvalue weighted by molar-refractivity contribution is 0.0964. The minimum absolute atomic E-state index is 0.109. The fourth-order valence-corrected chi connectivity index (χ4v) is 4.23. The van der Waals surface area contributed by atoms with Crippen LogP contribution < -0.4 is 16.0 Å². The molecule has 1 amide bonds. The molecule has 0 radical (unpaired) electrons. The number of pyridine rings is 2. The molecule has 8 heteroatoms. The van der Waals surface area contributed by atoms with Crippen molar-refractivity contribution in [3.8, 4) is 0 Å². The standard InChI is InChI=1S/C21H21FN6O/c1-24-21(29)15-10-14-17(27-8-2-3-13(23)11-27)6-7-25-19(14)28-18-9-12(22)4-5-16(18)26-20(15)28/h4-7,9-10,13H,2-3,8,11,23H2,1H3,(H,24,29). The normalized spacial score (nSPS) is 17.3. The maximum absolute atomic E-state index is 14.0. The van der Waals surface area contributed by atoms with Crippen LogP contribution in [0, 0.1) is 5.82 Å². The lowest BCUT2D eigenvalue weighted by Crippen LogP contribution is -2.42. The van der Waals surface area contributed by atoms with Gasteiger partial charge in [0.1, 0.15) is 11.5 Å². The van der Waals surface area contributed by atoms with Crippen molar-refractivity contribution in [1.29, 1.82) is 0 Å². The van der Waals surface area contributed by atoms with E-state index in [2.05, 4.69) is 20.2 Å². The van der Waals surface area contributed by atoms with Gasteiger partial charge < -0.3 is 16.0 Å². The summed E-state index contributed by atoms with van der Waals surface area (Å²) in [6.45, 7) is 1.63. The van der Waals surface area contributed by atoms with Crippen LogP contribution in [0.15, 0.2) is 36.5 Å². The summed E-state index contributed by atoms with van der Waals surface area (Å²) in [5, 5.41) is 3.50. The molecule has 3 N–H and O–H groups in total. The van der Waals surface area contributed by atoms with E-state index in [-0.39, 0.29) is 17.8 Å². The lowest BCUT2D eigenvalue weighted by Gasteiger charge is -2.33. The fraction of sp³-hybridized carbons (Fsp3) is 0.286. The first-order chi connectivity index (χ1) is 14.1. The molecule has 29 heavy (non-hydrogen) atoms. The maximum atomic E-state index is 14.0. The number of carbonyl (C=O) groups excluding carboxylic acids is 1. The fourth-order valence-electron chi connectivity index (χ4n) is 4.23. The average molecular weight is 392 g/mol. The van der Waals surface area contributed by atoms with Crippen molar-refractivity contribution in [2.45, 2.75) is 18.9 Å². The molecule has 1 aromatic carbocycles. The Morgan fingerprint density at radius 2 is 2.14 bits per heavy atom. The van der Waals surface area contributed by atoms with Gasteiger partial charge in [-0.2, -0.15) is 0 Å². The highest BCUT2D eigenvalue weighted by Crippen LogP contribution is 2.32. The van der Waals surface area contributed by atoms with E-state index in [1.54, 1.807) is 23.7 Å². The Bertz CT molecular complexity index is 1270. The Morgan fingerprint density at radius 1 is 1.28 bits per heavy atom. The molecule has 1 aliphatic heterocycles. The largest absolute Gasteiger partial charge is 0.369 e. The smallest absolute Gasteiger partial charge is 0.254 e. The van der Waals surface area contributed by atoms with Gasteiger partial charge in [-0.3, -0.25) is 9.20 Å². The Labute approximate surface area is 166 Å². The maximum Gasteiger partial charge on any atom is 0.254 e. The first-order valence-corrected chi connectivity index (χ1v) is 9.69. The van der Waals surface area contributed by atoms with E-state index in [9.17, 15) is 9.18 Å². The number of anilines is 1. The van der Waals surface area contributed by atoms with E-state index >= 15 is 0 Å². The van der Waals surface area contributed by atoms with E-state index in [1.165, 1.54) is 12.1 Å². The molecule has 3 aromatic heterocycles. The third-order valence-corrected chi connectivity index (χ3v) is 5.57. The summed E-state index contributed by atoms with van der Waals surface area (Å²) in [5.74, 6) is -0.617. The van der Waals surface area contributed by atoms with Gasteiger partial charge in [-0.25, -0.2) is 14.4 Å². The molecule has 1 fully saturated rings. The second-order valence-corrected chi connectivity index (χ2v) is 7.46. The lowest BCUT2D eigenvalue weighted by atomic mass is 10.0. The molecule has 4 aromatic rings. The van der Waals surface area contributed by atoms with Gasteiger partial charge >= 0.3 is 0 Å². The van der Waals surface area contributed by atoms with Crippen LogP contribution in [0.5, 0.6) is 0 Å². The molecule has 0 saturated carbocycles. The number of nitrogens with two attached hydrogens (primary N) is 1. The predicted octanol–water partition coefficient (Wildman–Crippen LogP) is 2.46. The van der Waals surface area contributed by atoms with Crippen LogP contribution in [0.1, 0.15) is 23.2 Å². The monoisotopic (exact) mass is 392 g/mol. The van der Waals surface area contributed by atoms with Crippen molar-refractivity contribution in [1.82, 2.24) is 19.7 Å². The van der Waals surface area contributed by atoms with Crippen LogP contribution >= 0.6 is 0 Å². The number of hydrogen-bond acceptors (Lipinski definition) is 5. The zero-order valence-electron chi connectivity index (χ0n) is 16.0. The minimum Gasteiger partial charge on any atom is -0.369 e. The van der Waals surface area contributed by atoms with Gasteiger partial charge in [-0.15, -0.1) is 0 Å². The van der Waals surface area contributed by atoms with Crippen LogP contribution in [-0.4, -0.2) is 46.5 Å². The molecule has 1 saturated heterocycles. The van der Waals surface area contributed by atoms with Gasteiger partial charge in [0.25, 0.3) is 5.91 Å². The number of nitrogens with zero attached hydrogens (tertiary/aromatic N) is 4. The zero-order valence-corrected chi connectivity index (χ0v) is 16.0. The molecule has 0 bridgehead atoms. The Hall–Kier alpha value is -3.26. The van der Waals surface area contributed by atoms with Crippen molar-refractivity contribution >= 4 is 39.3 Å². The molecule has 1 aliphatic rings. The number of nitrogens with one attached hydrogen (secondary N) is 1. The summed E-state index contributed by atoms with van der Waals surface area (Å²) in [5.41, 5.74) is 9.86. The molecule has 0 spiro atoms. The van der Waals surface area contributed by atoms with E-state index < -0.39 is 0 Å². The van der Waals surface area contributed by atoms with Crippen molar-refractivity contribution in [3.63, 3.8) is 0 Å². The second kappa shape index (κ2) is 6.66. The average Bonchev–Trinajstić information content (AvgIpc) is 3.11. The van der Waals surface area contributed by atoms with E-state index in [0.717, 1.165) is 37.0 Å². The first-order valence-electron chi connectivity index (χ1n) is 9.69. The van der Waals surface area contributed by atoms with Crippen LogP contribution in [0.4, 0.5) is 10.1 Å². The third-order valence-electron chi connectivity index (χ3n) is 5.57. The number of hydrogen-bond donors (Lipinski definition) is 2. The molecular formula is C21H21FN6O. The van der Waals surface area contributed by atoms with E-state index in [4.69, 9.17) is 5.73 Å². The number of piperidine rings is 1. The quantitative estimate of drug-likeness (QED) is 0.547. The summed E-state index contributed by atoms with van der Waals surface area (Å²) in [6, 6.07) is 8.29. The van der Waals surface area contributed by atoms with Gasteiger partial charge in [0.05, 0.1) is 16.6 Å². The number of aromatic nitrogens is 3. The second-order valence-electron chi connectivity index (χ2n) is 7.46. The SMILES string of the molecule is CNC(=O)c1cc2c(N3CCCC(N)C3)ccnc2n2c1nc1ccc(F)cc12. The first kappa shape index (κ1) is 17.8. The molecular weight excluding hydrogens is 371 g/mol. The molecule has 148 valence electrons. The number of fused-ring (bicyclic) bond motifs is 5. The Morgan fingerprint density at radius 3 is 2.93 bits per heavy atom. The molecule has 7 nitrogen and oxygen atoms in total. The number of amides is 1. The highest BCUT2D eigenvalue weighted by molar-refractivity contribution is 6.07. The van der Waals surface area contributed by atoms with Gasteiger partial charge in [0, 0.05) is 49.5 Å². The minimum atomic E-state index is -0.365. The predicted molar refractivity (Wildman–Crippen MR) is 111 cm³/mol. The van der Waals surface area contributed by atoms with E-state index in [0.29, 0.717) is 27.9 Å². The zero-order chi connectivity index (χ0) is 20.1. The van der Waals surface area contributed by atoms with Crippen molar-refractivity contribution in [3.05, 3.63) is 47.9 Å². The van der Waals surface area contributed by atoms with Crippen LogP contribution in [0.2, 0.25) is 0 Å². The van der Waals surface area contributed by atoms with Gasteiger partial charge in [-0.05, 0) is 37.1 Å². The van der Waals surface area contributed by atoms with Gasteiger partial charge in [-0.1, -0.05) is 0 Å². The number of rotatable bonds is 2. The summed E-state index contributed by atoms with van der Waals surface area (Å²) in [6.07, 6.45) is 3.75. The summed E-state index contributed by atoms with van der Waals surface area (Å²) in [4.78, 5) is 24.1. The summed E-state index contributed by atoms with van der Waals surface area (Å²) >= 11 is 0. The molecule has 5 rings (SSSR count). The van der Waals surface area contributed by atoms with Crippen molar-refractivity contribution in [2.75, 3.05) is 25.0 Å². The molecule has 1 unspecified atom stereocenters. The van der Waals surface area contributed by atoms with Gasteiger partial charge in [0.15, 0.2) is 5.65 Å². The Balaban J connectivity index is 1.89. The molecule has 1 atom stereocenters. The highest BCUT2D eigenvalue weighted by atomic mass is 19.1. The molecule has 4 heterocycles. The Kier molecular flexibility index (Phi) is 4.09.